The highest BCUT2D eigenvalue weighted by Gasteiger charge is 2.12. The Morgan fingerprint density at radius 3 is 2.92 bits per heavy atom. The van der Waals surface area contributed by atoms with Crippen molar-refractivity contribution in [1.82, 2.24) is 29.3 Å². The summed E-state index contributed by atoms with van der Waals surface area (Å²) in [6.07, 6.45) is 3.55. The summed E-state index contributed by atoms with van der Waals surface area (Å²) in [4.78, 5) is 15.4. The highest BCUT2D eigenvalue weighted by Crippen LogP contribution is 2.20. The maximum Gasteiger partial charge on any atom is 0.229 e. The van der Waals surface area contributed by atoms with Gasteiger partial charge in [0, 0.05) is 27.2 Å². The molecule has 0 saturated heterocycles. The Labute approximate surface area is 138 Å². The van der Waals surface area contributed by atoms with Crippen molar-refractivity contribution in [3.63, 3.8) is 0 Å². The summed E-state index contributed by atoms with van der Waals surface area (Å²) >= 11 is 0. The van der Waals surface area contributed by atoms with Crippen LogP contribution in [0.2, 0.25) is 0 Å². The number of hydrogen-bond acceptors (Lipinski definition) is 6. The maximum atomic E-state index is 6.03. The number of rotatable bonds is 4. The average molecular weight is 322 g/mol. The number of nitrogen functional groups attached to an aromatic ring is 1. The molecule has 0 saturated carbocycles. The smallest absolute Gasteiger partial charge is 0.229 e. The zero-order valence-electron chi connectivity index (χ0n) is 13.6. The van der Waals surface area contributed by atoms with E-state index in [4.69, 9.17) is 5.73 Å². The summed E-state index contributed by atoms with van der Waals surface area (Å²) in [5.41, 5.74) is 8.88. The van der Waals surface area contributed by atoms with Gasteiger partial charge in [0.05, 0.1) is 28.9 Å². The van der Waals surface area contributed by atoms with Crippen LogP contribution in [-0.2, 0) is 13.6 Å². The van der Waals surface area contributed by atoms with Crippen LogP contribution in [0.25, 0.3) is 22.1 Å². The van der Waals surface area contributed by atoms with Crippen LogP contribution < -0.4 is 10.6 Å². The molecule has 0 aliphatic heterocycles. The second kappa shape index (κ2) is 5.48. The number of aryl methyl sites for hydroxylation is 1. The minimum Gasteiger partial charge on any atom is -0.383 e. The first-order valence-corrected chi connectivity index (χ1v) is 7.70. The summed E-state index contributed by atoms with van der Waals surface area (Å²) in [6.45, 7) is 1.52. The molecule has 4 rings (SSSR count). The number of imidazole rings is 1. The van der Waals surface area contributed by atoms with E-state index in [1.54, 1.807) is 10.9 Å². The maximum absolute atomic E-state index is 6.03. The Kier molecular flexibility index (Phi) is 3.30. The van der Waals surface area contributed by atoms with E-state index in [1.165, 1.54) is 0 Å². The van der Waals surface area contributed by atoms with Crippen LogP contribution in [0.5, 0.6) is 0 Å². The third kappa shape index (κ3) is 2.32. The molecule has 0 aliphatic rings. The first-order chi connectivity index (χ1) is 11.6. The number of para-hydroxylation sites is 2. The molecule has 0 spiro atoms. The zero-order valence-corrected chi connectivity index (χ0v) is 13.6. The molecule has 4 aromatic rings. The predicted octanol–water partition coefficient (Wildman–Crippen LogP) is 1.43. The zero-order chi connectivity index (χ0) is 16.7. The molecule has 0 atom stereocenters. The number of aromatic nitrogens is 6. The van der Waals surface area contributed by atoms with Gasteiger partial charge in [-0.3, -0.25) is 4.68 Å². The number of nitrogens with zero attached hydrogens (tertiary/aromatic N) is 7. The molecule has 0 aliphatic carbocycles. The number of hydrogen-bond donors (Lipinski definition) is 1. The van der Waals surface area contributed by atoms with Gasteiger partial charge in [0.25, 0.3) is 0 Å². The standard InChI is InChI=1S/C16H18N8/c1-22(7-8-24-10-18-12-5-3-4-6-13(12)24)16-20-14(17)11-9-19-23(2)15(11)21-16/h3-6,9-10H,7-8H2,1-2H3,(H2,17,20,21). The Morgan fingerprint density at radius 1 is 1.21 bits per heavy atom. The van der Waals surface area contributed by atoms with Crippen LogP contribution >= 0.6 is 0 Å². The van der Waals surface area contributed by atoms with E-state index in [9.17, 15) is 0 Å². The molecule has 122 valence electrons. The van der Waals surface area contributed by atoms with Gasteiger partial charge in [-0.1, -0.05) is 12.1 Å². The topological polar surface area (TPSA) is 90.7 Å². The third-order valence-corrected chi connectivity index (χ3v) is 4.15. The SMILES string of the molecule is CN(CCn1cnc2ccccc21)c1nc(N)c2cnn(C)c2n1. The van der Waals surface area contributed by atoms with Crippen molar-refractivity contribution in [1.29, 1.82) is 0 Å². The minimum absolute atomic E-state index is 0.447. The van der Waals surface area contributed by atoms with Gasteiger partial charge < -0.3 is 15.2 Å². The van der Waals surface area contributed by atoms with Gasteiger partial charge in [-0.15, -0.1) is 0 Å². The fraction of sp³-hybridized carbons (Fsp3) is 0.250. The van der Waals surface area contributed by atoms with Gasteiger partial charge >= 0.3 is 0 Å². The van der Waals surface area contributed by atoms with Crippen molar-refractivity contribution >= 4 is 33.8 Å². The second-order valence-electron chi connectivity index (χ2n) is 5.76. The van der Waals surface area contributed by atoms with Gasteiger partial charge in [0.1, 0.15) is 5.82 Å². The minimum atomic E-state index is 0.447. The lowest BCUT2D eigenvalue weighted by molar-refractivity contribution is 0.691. The molecule has 3 heterocycles. The molecular weight excluding hydrogens is 304 g/mol. The Bertz CT molecular complexity index is 1020. The molecule has 0 radical (unpaired) electrons. The van der Waals surface area contributed by atoms with Crippen LogP contribution in [0.4, 0.5) is 11.8 Å². The third-order valence-electron chi connectivity index (χ3n) is 4.15. The first kappa shape index (κ1) is 14.4. The normalized spacial score (nSPS) is 11.4. The van der Waals surface area contributed by atoms with Crippen LogP contribution in [-0.4, -0.2) is 42.9 Å². The summed E-state index contributed by atoms with van der Waals surface area (Å²) in [7, 11) is 3.80. The van der Waals surface area contributed by atoms with Crippen molar-refractivity contribution in [2.75, 3.05) is 24.2 Å². The summed E-state index contributed by atoms with van der Waals surface area (Å²) in [5, 5.41) is 4.95. The van der Waals surface area contributed by atoms with E-state index in [0.29, 0.717) is 11.8 Å². The van der Waals surface area contributed by atoms with Crippen molar-refractivity contribution in [2.24, 2.45) is 7.05 Å². The summed E-state index contributed by atoms with van der Waals surface area (Å²) in [6, 6.07) is 8.09. The lowest BCUT2D eigenvalue weighted by Gasteiger charge is -2.18. The van der Waals surface area contributed by atoms with E-state index in [1.807, 2.05) is 43.5 Å². The van der Waals surface area contributed by atoms with Crippen LogP contribution in [0.3, 0.4) is 0 Å². The molecule has 0 amide bonds. The van der Waals surface area contributed by atoms with Crippen LogP contribution in [0, 0.1) is 0 Å². The first-order valence-electron chi connectivity index (χ1n) is 7.70. The van der Waals surface area contributed by atoms with Crippen LogP contribution in [0.15, 0.2) is 36.8 Å². The van der Waals surface area contributed by atoms with Crippen LogP contribution in [0.1, 0.15) is 0 Å². The molecule has 8 heteroatoms. The highest BCUT2D eigenvalue weighted by molar-refractivity contribution is 5.86. The van der Waals surface area contributed by atoms with Crippen molar-refractivity contribution < 1.29 is 0 Å². The molecule has 8 nitrogen and oxygen atoms in total. The fourth-order valence-corrected chi connectivity index (χ4v) is 2.75. The Morgan fingerprint density at radius 2 is 2.04 bits per heavy atom. The fourth-order valence-electron chi connectivity index (χ4n) is 2.75. The second-order valence-corrected chi connectivity index (χ2v) is 5.76. The van der Waals surface area contributed by atoms with Gasteiger partial charge in [-0.25, -0.2) is 4.98 Å². The van der Waals surface area contributed by atoms with E-state index in [0.717, 1.165) is 35.2 Å². The molecular formula is C16H18N8. The number of likely N-dealkylation sites (N-methyl/N-ethyl adjacent to an activating group) is 1. The molecule has 2 N–H and O–H groups in total. The summed E-state index contributed by atoms with van der Waals surface area (Å²) in [5.74, 6) is 1.04. The monoisotopic (exact) mass is 322 g/mol. The lowest BCUT2D eigenvalue weighted by Crippen LogP contribution is -2.25. The molecule has 3 aromatic heterocycles. The summed E-state index contributed by atoms with van der Waals surface area (Å²) < 4.78 is 3.83. The lowest BCUT2D eigenvalue weighted by atomic mass is 10.3. The van der Waals surface area contributed by atoms with Gasteiger partial charge in [-0.05, 0) is 12.1 Å². The Hall–Kier alpha value is -3.16. The Balaban J connectivity index is 1.58. The molecule has 24 heavy (non-hydrogen) atoms. The number of fused-ring (bicyclic) bond motifs is 2. The molecule has 0 fully saturated rings. The van der Waals surface area contributed by atoms with Crippen molar-refractivity contribution in [3.8, 4) is 0 Å². The van der Waals surface area contributed by atoms with E-state index < -0.39 is 0 Å². The number of anilines is 2. The van der Waals surface area contributed by atoms with E-state index >= 15 is 0 Å². The molecule has 0 bridgehead atoms. The average Bonchev–Trinajstić information content (AvgIpc) is 3.17. The largest absolute Gasteiger partial charge is 0.383 e. The quantitative estimate of drug-likeness (QED) is 0.611. The number of nitrogens with two attached hydrogens (primary N) is 1. The van der Waals surface area contributed by atoms with E-state index in [2.05, 4.69) is 30.7 Å². The molecule has 0 unspecified atom stereocenters. The predicted molar refractivity (Wildman–Crippen MR) is 93.7 cm³/mol. The van der Waals surface area contributed by atoms with Gasteiger partial charge in [0.2, 0.25) is 5.95 Å². The highest BCUT2D eigenvalue weighted by atomic mass is 15.3. The molecule has 1 aromatic carbocycles. The van der Waals surface area contributed by atoms with Crippen molar-refractivity contribution in [2.45, 2.75) is 6.54 Å². The van der Waals surface area contributed by atoms with Gasteiger partial charge in [-0.2, -0.15) is 15.1 Å². The van der Waals surface area contributed by atoms with Gasteiger partial charge in [0.15, 0.2) is 5.65 Å². The van der Waals surface area contributed by atoms with E-state index in [-0.39, 0.29) is 0 Å². The van der Waals surface area contributed by atoms with Crippen molar-refractivity contribution in [3.05, 3.63) is 36.8 Å². The number of benzene rings is 1.